The molecule has 0 aliphatic rings. The third-order valence-electron chi connectivity index (χ3n) is 0.439. The molecule has 0 amide bonds. The summed E-state index contributed by atoms with van der Waals surface area (Å²) >= 11 is 0. The molecule has 0 aromatic rings. The van der Waals surface area contributed by atoms with E-state index < -0.39 is 0 Å². The van der Waals surface area contributed by atoms with Gasteiger partial charge in [0.15, 0.2) is 0 Å². The van der Waals surface area contributed by atoms with E-state index in [1.54, 1.807) is 21.6 Å². The summed E-state index contributed by atoms with van der Waals surface area (Å²) < 4.78 is 0. The van der Waals surface area contributed by atoms with Gasteiger partial charge in [0, 0.05) is 0 Å². The van der Waals surface area contributed by atoms with Crippen LogP contribution in [0.3, 0.4) is 0 Å². The highest BCUT2D eigenvalue weighted by molar-refractivity contribution is 8.78. The minimum Gasteiger partial charge on any atom is -0.0805 e. The Morgan fingerprint density at radius 3 is 1.50 bits per heavy atom. The van der Waals surface area contributed by atoms with E-state index in [0.29, 0.717) is 0 Å². The molecule has 0 aromatic heterocycles. The zero-order chi connectivity index (χ0) is 6.24. The van der Waals surface area contributed by atoms with Gasteiger partial charge < -0.3 is 0 Å². The monoisotopic (exact) mass is 146 g/mol. The number of rotatable bonds is 3. The molecule has 8 heavy (non-hydrogen) atoms. The molecule has 0 spiro atoms. The Balaban J connectivity index is 2.93. The van der Waals surface area contributed by atoms with Crippen molar-refractivity contribution in [2.45, 2.75) is 13.8 Å². The minimum absolute atomic E-state index is 1.73. The summed E-state index contributed by atoms with van der Waals surface area (Å²) in [6, 6.07) is 0. The molecule has 0 aliphatic carbocycles. The molecule has 0 bridgehead atoms. The van der Waals surface area contributed by atoms with Crippen molar-refractivity contribution in [3.05, 3.63) is 23.0 Å². The molecule has 0 N–H and O–H groups in total. The summed E-state index contributed by atoms with van der Waals surface area (Å²) in [7, 11) is 3.45. The number of hydrogen-bond acceptors (Lipinski definition) is 2. The fraction of sp³-hybridized carbons (Fsp3) is 0.333. The average molecular weight is 146 g/mol. The van der Waals surface area contributed by atoms with E-state index >= 15 is 0 Å². The summed E-state index contributed by atoms with van der Waals surface area (Å²) in [5.41, 5.74) is 0. The number of hydrogen-bond donors (Lipinski definition) is 0. The standard InChI is InChI=1S/C6H10S2/c1-3-5-7-8-6-4-2/h3-6H,1-2H3/b5-3+,6-4?. The van der Waals surface area contributed by atoms with Gasteiger partial charge in [-0.15, -0.1) is 0 Å². The van der Waals surface area contributed by atoms with Crippen molar-refractivity contribution in [2.75, 3.05) is 0 Å². The topological polar surface area (TPSA) is 0 Å². The molecule has 0 radical (unpaired) electrons. The van der Waals surface area contributed by atoms with Crippen molar-refractivity contribution in [3.8, 4) is 0 Å². The zero-order valence-electron chi connectivity index (χ0n) is 5.13. The van der Waals surface area contributed by atoms with Gasteiger partial charge in [0.05, 0.1) is 0 Å². The van der Waals surface area contributed by atoms with E-state index in [-0.39, 0.29) is 0 Å². The Morgan fingerprint density at radius 2 is 1.25 bits per heavy atom. The second kappa shape index (κ2) is 7.18. The van der Waals surface area contributed by atoms with Gasteiger partial charge in [0.1, 0.15) is 0 Å². The van der Waals surface area contributed by atoms with Crippen molar-refractivity contribution in [1.82, 2.24) is 0 Å². The summed E-state index contributed by atoms with van der Waals surface area (Å²) in [5.74, 6) is 0. The van der Waals surface area contributed by atoms with Gasteiger partial charge in [-0.05, 0) is 24.7 Å². The smallest absolute Gasteiger partial charge is 0.0221 e. The molecular formula is C6H10S2. The average Bonchev–Trinajstić information content (AvgIpc) is 1.81. The third kappa shape index (κ3) is 6.18. The molecule has 0 aromatic carbocycles. The van der Waals surface area contributed by atoms with Crippen LogP contribution in [0.15, 0.2) is 23.0 Å². The maximum atomic E-state index is 2.06. The Morgan fingerprint density at radius 1 is 0.875 bits per heavy atom. The Labute approximate surface area is 58.8 Å². The first-order valence-electron chi connectivity index (χ1n) is 2.46. The zero-order valence-corrected chi connectivity index (χ0v) is 6.76. The lowest BCUT2D eigenvalue weighted by Gasteiger charge is -1.80. The molecule has 0 fully saturated rings. The maximum Gasteiger partial charge on any atom is -0.0221 e. The molecule has 0 rings (SSSR count). The summed E-state index contributed by atoms with van der Waals surface area (Å²) in [6.45, 7) is 4.03. The molecular weight excluding hydrogens is 136 g/mol. The fourth-order valence-electron chi connectivity index (χ4n) is 0.175. The molecule has 0 nitrogen and oxygen atoms in total. The Bertz CT molecular complexity index is 72.5. The van der Waals surface area contributed by atoms with E-state index in [9.17, 15) is 0 Å². The first-order valence-corrected chi connectivity index (χ1v) is 4.74. The van der Waals surface area contributed by atoms with Gasteiger partial charge in [0.2, 0.25) is 0 Å². The van der Waals surface area contributed by atoms with Gasteiger partial charge in [0.25, 0.3) is 0 Å². The van der Waals surface area contributed by atoms with Crippen molar-refractivity contribution in [2.24, 2.45) is 0 Å². The summed E-state index contributed by atoms with van der Waals surface area (Å²) in [4.78, 5) is 0. The van der Waals surface area contributed by atoms with Crippen LogP contribution in [-0.4, -0.2) is 0 Å². The molecule has 0 unspecified atom stereocenters. The summed E-state index contributed by atoms with van der Waals surface area (Å²) in [6.07, 6.45) is 4.06. The van der Waals surface area contributed by atoms with E-state index in [0.717, 1.165) is 0 Å². The molecule has 0 aliphatic heterocycles. The van der Waals surface area contributed by atoms with E-state index in [1.165, 1.54) is 0 Å². The van der Waals surface area contributed by atoms with E-state index in [2.05, 4.69) is 10.8 Å². The molecule has 0 saturated heterocycles. The predicted octanol–water partition coefficient (Wildman–Crippen LogP) is 3.44. The van der Waals surface area contributed by atoms with E-state index in [1.807, 2.05) is 26.0 Å². The quantitative estimate of drug-likeness (QED) is 0.442. The molecule has 2 heteroatoms. The van der Waals surface area contributed by atoms with Gasteiger partial charge in [-0.1, -0.05) is 33.7 Å². The lowest BCUT2D eigenvalue weighted by molar-refractivity contribution is 1.79. The fourth-order valence-corrected chi connectivity index (χ4v) is 1.58. The van der Waals surface area contributed by atoms with Crippen molar-refractivity contribution < 1.29 is 0 Å². The predicted molar refractivity (Wildman–Crippen MR) is 44.8 cm³/mol. The largest absolute Gasteiger partial charge is 0.0805 e. The van der Waals surface area contributed by atoms with Gasteiger partial charge in [-0.25, -0.2) is 0 Å². The molecule has 0 atom stereocenters. The van der Waals surface area contributed by atoms with Crippen LogP contribution in [0.25, 0.3) is 0 Å². The van der Waals surface area contributed by atoms with Crippen molar-refractivity contribution >= 4 is 21.6 Å². The lowest BCUT2D eigenvalue weighted by Crippen LogP contribution is -1.38. The van der Waals surface area contributed by atoms with Crippen molar-refractivity contribution in [3.63, 3.8) is 0 Å². The molecule has 46 valence electrons. The lowest BCUT2D eigenvalue weighted by atomic mass is 10.8. The van der Waals surface area contributed by atoms with Gasteiger partial charge in [-0.3, -0.25) is 0 Å². The highest BCUT2D eigenvalue weighted by atomic mass is 33.1. The van der Waals surface area contributed by atoms with Crippen LogP contribution in [0.2, 0.25) is 0 Å². The second-order valence-electron chi connectivity index (χ2n) is 1.13. The van der Waals surface area contributed by atoms with Gasteiger partial charge in [-0.2, -0.15) is 0 Å². The highest BCUT2D eigenvalue weighted by Gasteiger charge is 1.71. The number of allylic oxidation sites excluding steroid dienone is 2. The van der Waals surface area contributed by atoms with Crippen molar-refractivity contribution in [1.29, 1.82) is 0 Å². The highest BCUT2D eigenvalue weighted by Crippen LogP contribution is 2.22. The summed E-state index contributed by atoms with van der Waals surface area (Å²) in [5, 5.41) is 4.12. The van der Waals surface area contributed by atoms with Crippen LogP contribution in [0.5, 0.6) is 0 Å². The van der Waals surface area contributed by atoms with Crippen LogP contribution in [-0.2, 0) is 0 Å². The first kappa shape index (κ1) is 8.18. The Kier molecular flexibility index (Phi) is 7.34. The van der Waals surface area contributed by atoms with Crippen LogP contribution in [0.1, 0.15) is 13.8 Å². The normalized spacial score (nSPS) is 11.8. The molecule has 0 saturated carbocycles. The Hall–Kier alpha value is 0.180. The molecule has 0 heterocycles. The van der Waals surface area contributed by atoms with Crippen LogP contribution in [0, 0.1) is 0 Å². The van der Waals surface area contributed by atoms with Crippen LogP contribution in [0.4, 0.5) is 0 Å². The second-order valence-corrected chi connectivity index (χ2v) is 3.22. The first-order chi connectivity index (χ1) is 3.91. The van der Waals surface area contributed by atoms with Crippen LogP contribution < -0.4 is 0 Å². The van der Waals surface area contributed by atoms with E-state index in [4.69, 9.17) is 0 Å². The maximum absolute atomic E-state index is 2.06. The SMILES string of the molecule is CC=CSS/C=C/C. The minimum atomic E-state index is 1.73. The van der Waals surface area contributed by atoms with Gasteiger partial charge >= 0.3 is 0 Å². The third-order valence-corrected chi connectivity index (χ3v) is 2.32. The van der Waals surface area contributed by atoms with Crippen LogP contribution >= 0.6 is 21.6 Å².